The summed E-state index contributed by atoms with van der Waals surface area (Å²) in [5.41, 5.74) is 6.94. The summed E-state index contributed by atoms with van der Waals surface area (Å²) in [6.45, 7) is 4.41. The van der Waals surface area contributed by atoms with Crippen LogP contribution in [0.4, 0.5) is 0 Å². The average Bonchev–Trinajstić information content (AvgIpc) is 2.50. The first-order valence-corrected chi connectivity index (χ1v) is 7.20. The van der Waals surface area contributed by atoms with Gasteiger partial charge in [0, 0.05) is 13.6 Å². The summed E-state index contributed by atoms with van der Waals surface area (Å²) in [6, 6.07) is 6.34. The van der Waals surface area contributed by atoms with Crippen LogP contribution in [-0.2, 0) is 11.2 Å². The second kappa shape index (κ2) is 7.78. The minimum atomic E-state index is -0.948. The molecule has 1 amide bonds. The summed E-state index contributed by atoms with van der Waals surface area (Å²) >= 11 is 0. The summed E-state index contributed by atoms with van der Waals surface area (Å²) in [7, 11) is 1.70. The van der Waals surface area contributed by atoms with Crippen LogP contribution in [0.3, 0.4) is 0 Å². The Morgan fingerprint density at radius 3 is 2.52 bits per heavy atom. The van der Waals surface area contributed by atoms with Gasteiger partial charge in [0.05, 0.1) is 11.6 Å². The SMILES string of the molecule is CCC(C)[C@H](N)C(=O)N(C)CCc1ccccc1C(=O)O. The van der Waals surface area contributed by atoms with Gasteiger partial charge in [-0.3, -0.25) is 4.79 Å². The van der Waals surface area contributed by atoms with Crippen molar-refractivity contribution in [1.29, 1.82) is 0 Å². The Labute approximate surface area is 125 Å². The van der Waals surface area contributed by atoms with E-state index in [9.17, 15) is 9.59 Å². The van der Waals surface area contributed by atoms with E-state index in [1.807, 2.05) is 13.8 Å². The Hall–Kier alpha value is -1.88. The van der Waals surface area contributed by atoms with E-state index in [0.717, 1.165) is 12.0 Å². The van der Waals surface area contributed by atoms with Crippen LogP contribution in [0.15, 0.2) is 24.3 Å². The fraction of sp³-hybridized carbons (Fsp3) is 0.500. The van der Waals surface area contributed by atoms with Crippen molar-refractivity contribution in [2.75, 3.05) is 13.6 Å². The van der Waals surface area contributed by atoms with E-state index in [4.69, 9.17) is 10.8 Å². The van der Waals surface area contributed by atoms with Crippen LogP contribution in [0, 0.1) is 5.92 Å². The molecule has 0 saturated carbocycles. The van der Waals surface area contributed by atoms with E-state index in [0.29, 0.717) is 13.0 Å². The standard InChI is InChI=1S/C16H24N2O3/c1-4-11(2)14(17)15(19)18(3)10-9-12-7-5-6-8-13(12)16(20)21/h5-8,11,14H,4,9-10,17H2,1-3H3,(H,20,21)/t11?,14-/m0/s1. The molecule has 0 bridgehead atoms. The fourth-order valence-electron chi connectivity index (χ4n) is 2.10. The van der Waals surface area contributed by atoms with Crippen LogP contribution in [0.2, 0.25) is 0 Å². The molecule has 1 aromatic carbocycles. The molecule has 1 unspecified atom stereocenters. The fourth-order valence-corrected chi connectivity index (χ4v) is 2.10. The number of nitrogens with zero attached hydrogens (tertiary/aromatic N) is 1. The van der Waals surface area contributed by atoms with E-state index in [-0.39, 0.29) is 17.4 Å². The Balaban J connectivity index is 2.67. The lowest BCUT2D eigenvalue weighted by molar-refractivity contribution is -0.132. The smallest absolute Gasteiger partial charge is 0.335 e. The number of amides is 1. The van der Waals surface area contributed by atoms with Crippen LogP contribution in [0.5, 0.6) is 0 Å². The highest BCUT2D eigenvalue weighted by atomic mass is 16.4. The van der Waals surface area contributed by atoms with Crippen LogP contribution in [-0.4, -0.2) is 41.5 Å². The average molecular weight is 292 g/mol. The largest absolute Gasteiger partial charge is 0.478 e. The number of carboxylic acid groups (broad SMARTS) is 1. The van der Waals surface area contributed by atoms with E-state index >= 15 is 0 Å². The van der Waals surface area contributed by atoms with E-state index in [2.05, 4.69) is 0 Å². The number of aromatic carboxylic acids is 1. The minimum Gasteiger partial charge on any atom is -0.478 e. The van der Waals surface area contributed by atoms with Crippen molar-refractivity contribution in [2.24, 2.45) is 11.7 Å². The van der Waals surface area contributed by atoms with Crippen LogP contribution < -0.4 is 5.73 Å². The Morgan fingerprint density at radius 2 is 1.95 bits per heavy atom. The zero-order valence-electron chi connectivity index (χ0n) is 12.9. The molecule has 5 heteroatoms. The number of carbonyl (C=O) groups excluding carboxylic acids is 1. The van der Waals surface area contributed by atoms with Crippen molar-refractivity contribution >= 4 is 11.9 Å². The number of rotatable bonds is 7. The van der Waals surface area contributed by atoms with Gasteiger partial charge in [0.2, 0.25) is 5.91 Å². The summed E-state index contributed by atoms with van der Waals surface area (Å²) < 4.78 is 0. The third kappa shape index (κ3) is 4.56. The van der Waals surface area contributed by atoms with Crippen LogP contribution in [0.25, 0.3) is 0 Å². The quantitative estimate of drug-likeness (QED) is 0.802. The molecule has 0 heterocycles. The number of hydrogen-bond acceptors (Lipinski definition) is 3. The van der Waals surface area contributed by atoms with Gasteiger partial charge in [-0.05, 0) is 24.0 Å². The normalized spacial score (nSPS) is 13.5. The van der Waals surface area contributed by atoms with Gasteiger partial charge in [0.15, 0.2) is 0 Å². The first kappa shape index (κ1) is 17.2. The van der Waals surface area contributed by atoms with Gasteiger partial charge >= 0.3 is 5.97 Å². The highest BCUT2D eigenvalue weighted by Gasteiger charge is 2.22. The molecule has 0 aliphatic heterocycles. The van der Waals surface area contributed by atoms with Gasteiger partial charge < -0.3 is 15.7 Å². The lowest BCUT2D eigenvalue weighted by Gasteiger charge is -2.24. The zero-order chi connectivity index (χ0) is 16.0. The molecule has 0 fully saturated rings. The monoisotopic (exact) mass is 292 g/mol. The highest BCUT2D eigenvalue weighted by molar-refractivity contribution is 5.89. The van der Waals surface area contributed by atoms with Gasteiger partial charge in [-0.2, -0.15) is 0 Å². The molecule has 1 rings (SSSR count). The summed E-state index contributed by atoms with van der Waals surface area (Å²) in [6.07, 6.45) is 1.35. The van der Waals surface area contributed by atoms with Gasteiger partial charge in [-0.1, -0.05) is 38.5 Å². The molecule has 2 atom stereocenters. The van der Waals surface area contributed by atoms with Gasteiger partial charge in [0.25, 0.3) is 0 Å². The van der Waals surface area contributed by atoms with E-state index < -0.39 is 12.0 Å². The molecule has 1 aromatic rings. The van der Waals surface area contributed by atoms with Crippen LogP contribution >= 0.6 is 0 Å². The van der Waals surface area contributed by atoms with E-state index in [1.165, 1.54) is 0 Å². The maximum absolute atomic E-state index is 12.2. The molecule has 0 aliphatic rings. The van der Waals surface area contributed by atoms with Gasteiger partial charge in [-0.25, -0.2) is 4.79 Å². The van der Waals surface area contributed by atoms with Crippen molar-refractivity contribution in [3.8, 4) is 0 Å². The molecule has 116 valence electrons. The predicted octanol–water partition coefficient (Wildman–Crippen LogP) is 1.76. The molecule has 3 N–H and O–H groups in total. The summed E-state index contributed by atoms with van der Waals surface area (Å²) in [5, 5.41) is 9.13. The zero-order valence-corrected chi connectivity index (χ0v) is 12.9. The third-order valence-electron chi connectivity index (χ3n) is 3.88. The molecular weight excluding hydrogens is 268 g/mol. The minimum absolute atomic E-state index is 0.0999. The molecule has 0 spiro atoms. The van der Waals surface area contributed by atoms with Gasteiger partial charge in [0.1, 0.15) is 0 Å². The maximum atomic E-state index is 12.2. The van der Waals surface area contributed by atoms with Crippen molar-refractivity contribution in [1.82, 2.24) is 4.90 Å². The Morgan fingerprint density at radius 1 is 1.33 bits per heavy atom. The first-order valence-electron chi connectivity index (χ1n) is 7.20. The van der Waals surface area contributed by atoms with Crippen LogP contribution in [0.1, 0.15) is 36.2 Å². The maximum Gasteiger partial charge on any atom is 0.335 e. The number of nitrogens with two attached hydrogens (primary N) is 1. The lowest BCUT2D eigenvalue weighted by atomic mass is 9.98. The first-order chi connectivity index (χ1) is 9.88. The topological polar surface area (TPSA) is 83.6 Å². The molecule has 0 aliphatic carbocycles. The summed E-state index contributed by atoms with van der Waals surface area (Å²) in [4.78, 5) is 24.9. The number of hydrogen-bond donors (Lipinski definition) is 2. The number of benzene rings is 1. The molecular formula is C16H24N2O3. The molecule has 0 aromatic heterocycles. The van der Waals surface area contributed by atoms with Crippen molar-refractivity contribution < 1.29 is 14.7 Å². The molecule has 0 radical (unpaired) electrons. The number of carboxylic acids is 1. The Bertz CT molecular complexity index is 502. The van der Waals surface area contributed by atoms with Crippen molar-refractivity contribution in [3.05, 3.63) is 35.4 Å². The second-order valence-corrected chi connectivity index (χ2v) is 5.38. The Kier molecular flexibility index (Phi) is 6.37. The predicted molar refractivity (Wildman–Crippen MR) is 82.2 cm³/mol. The third-order valence-corrected chi connectivity index (χ3v) is 3.88. The van der Waals surface area contributed by atoms with E-state index in [1.54, 1.807) is 36.2 Å². The highest BCUT2D eigenvalue weighted by Crippen LogP contribution is 2.12. The number of carbonyl (C=O) groups is 2. The van der Waals surface area contributed by atoms with Crippen molar-refractivity contribution in [2.45, 2.75) is 32.7 Å². The van der Waals surface area contributed by atoms with Crippen molar-refractivity contribution in [3.63, 3.8) is 0 Å². The number of likely N-dealkylation sites (N-methyl/N-ethyl adjacent to an activating group) is 1. The molecule has 21 heavy (non-hydrogen) atoms. The van der Waals surface area contributed by atoms with Gasteiger partial charge in [-0.15, -0.1) is 0 Å². The second-order valence-electron chi connectivity index (χ2n) is 5.38. The molecule has 5 nitrogen and oxygen atoms in total. The molecule has 0 saturated heterocycles. The lowest BCUT2D eigenvalue weighted by Crippen LogP contribution is -2.46. The summed E-state index contributed by atoms with van der Waals surface area (Å²) in [5.74, 6) is -0.917.